The van der Waals surface area contributed by atoms with Crippen molar-refractivity contribution in [2.45, 2.75) is 6.42 Å². The van der Waals surface area contributed by atoms with Gasteiger partial charge < -0.3 is 4.98 Å². The van der Waals surface area contributed by atoms with Crippen molar-refractivity contribution in [1.29, 1.82) is 0 Å². The summed E-state index contributed by atoms with van der Waals surface area (Å²) in [5.41, 5.74) is 1.67. The summed E-state index contributed by atoms with van der Waals surface area (Å²) in [6.07, 6.45) is 6.43. The van der Waals surface area contributed by atoms with Crippen molar-refractivity contribution >= 4 is 29.6 Å². The number of hydrogen-bond donors (Lipinski definition) is 2. The second-order valence-corrected chi connectivity index (χ2v) is 3.87. The van der Waals surface area contributed by atoms with Crippen molar-refractivity contribution < 1.29 is 0 Å². The molecule has 0 aliphatic rings. The molecule has 2 rings (SSSR count). The average molecular weight is 232 g/mol. The van der Waals surface area contributed by atoms with Gasteiger partial charge in [-0.2, -0.15) is 12.6 Å². The zero-order valence-corrected chi connectivity index (χ0v) is 9.58. The van der Waals surface area contributed by atoms with E-state index in [4.69, 9.17) is 0 Å². The van der Waals surface area contributed by atoms with Crippen LogP contribution in [-0.4, -0.2) is 15.7 Å². The molecule has 0 amide bonds. The number of benzene rings is 1. The highest BCUT2D eigenvalue weighted by Gasteiger charge is 1.98. The summed E-state index contributed by atoms with van der Waals surface area (Å²) in [7, 11) is 0. The van der Waals surface area contributed by atoms with Gasteiger partial charge in [0.15, 0.2) is 0 Å². The summed E-state index contributed by atoms with van der Waals surface area (Å²) in [5.74, 6) is 0.835. The van der Waals surface area contributed by atoms with Crippen LogP contribution in [0.15, 0.2) is 35.4 Å². The van der Waals surface area contributed by atoms with Gasteiger partial charge in [-0.05, 0) is 29.9 Å². The van der Waals surface area contributed by atoms with Crippen LogP contribution in [0.2, 0.25) is 0 Å². The van der Waals surface area contributed by atoms with Crippen molar-refractivity contribution in [2.75, 3.05) is 5.75 Å². The number of H-pyrrole nitrogens is 1. The lowest BCUT2D eigenvalue weighted by molar-refractivity contribution is 1.17. The molecule has 82 valence electrons. The Labute approximate surface area is 98.6 Å². The minimum Gasteiger partial charge on any atom is -0.313 e. The van der Waals surface area contributed by atoms with Gasteiger partial charge in [0.1, 0.15) is 0 Å². The summed E-state index contributed by atoms with van der Waals surface area (Å²) in [6, 6.07) is 5.61. The zero-order valence-electron chi connectivity index (χ0n) is 8.68. The molecule has 0 atom stereocenters. The van der Waals surface area contributed by atoms with Crippen molar-refractivity contribution in [3.05, 3.63) is 46.5 Å². The predicted molar refractivity (Wildman–Crippen MR) is 69.9 cm³/mol. The number of rotatable bonds is 3. The average Bonchev–Trinajstić information content (AvgIpc) is 2.30. The second-order valence-electron chi connectivity index (χ2n) is 3.42. The van der Waals surface area contributed by atoms with Gasteiger partial charge in [-0.15, -0.1) is 0 Å². The van der Waals surface area contributed by atoms with Crippen molar-refractivity contribution in [2.24, 2.45) is 0 Å². The number of nitrogens with zero attached hydrogens (tertiary/aromatic N) is 1. The van der Waals surface area contributed by atoms with E-state index in [0.29, 0.717) is 5.39 Å². The van der Waals surface area contributed by atoms with E-state index in [-0.39, 0.29) is 5.56 Å². The smallest absolute Gasteiger partial charge is 0.258 e. The maximum atomic E-state index is 11.4. The van der Waals surface area contributed by atoms with Crippen LogP contribution in [0, 0.1) is 0 Å². The summed E-state index contributed by atoms with van der Waals surface area (Å²) in [5, 5.41) is 0.619. The number of allylic oxidation sites excluding steroid dienone is 1. The van der Waals surface area contributed by atoms with E-state index in [1.54, 1.807) is 6.07 Å². The minimum atomic E-state index is -0.101. The molecule has 1 aromatic carbocycles. The molecule has 0 saturated heterocycles. The molecule has 3 nitrogen and oxygen atoms in total. The third-order valence-electron chi connectivity index (χ3n) is 2.27. The molecule has 0 spiro atoms. The fourth-order valence-corrected chi connectivity index (χ4v) is 1.63. The third-order valence-corrected chi connectivity index (χ3v) is 2.53. The van der Waals surface area contributed by atoms with Gasteiger partial charge in [-0.1, -0.05) is 18.2 Å². The molecule has 0 bridgehead atoms. The number of aromatic amines is 1. The molecule has 0 saturated carbocycles. The van der Waals surface area contributed by atoms with E-state index in [1.807, 2.05) is 18.2 Å². The first-order chi connectivity index (χ1) is 7.81. The molecular weight excluding hydrogens is 220 g/mol. The number of fused-ring (bicyclic) bond motifs is 1. The Morgan fingerprint density at radius 1 is 1.44 bits per heavy atom. The van der Waals surface area contributed by atoms with E-state index in [0.717, 1.165) is 23.3 Å². The van der Waals surface area contributed by atoms with Crippen LogP contribution >= 0.6 is 12.6 Å². The summed E-state index contributed by atoms with van der Waals surface area (Å²) >= 11 is 4.13. The van der Waals surface area contributed by atoms with E-state index < -0.39 is 0 Å². The van der Waals surface area contributed by atoms with Gasteiger partial charge in [-0.25, -0.2) is 4.98 Å². The van der Waals surface area contributed by atoms with Gasteiger partial charge in [0.2, 0.25) is 0 Å². The first-order valence-corrected chi connectivity index (χ1v) is 5.69. The van der Waals surface area contributed by atoms with Gasteiger partial charge in [0.05, 0.1) is 17.2 Å². The Morgan fingerprint density at radius 3 is 3.12 bits per heavy atom. The van der Waals surface area contributed by atoms with Crippen LogP contribution in [-0.2, 0) is 0 Å². The molecule has 0 fully saturated rings. The fraction of sp³-hybridized carbons (Fsp3) is 0.167. The predicted octanol–water partition coefficient (Wildman–Crippen LogP) is 2.26. The molecule has 0 radical (unpaired) electrons. The molecule has 0 unspecified atom stereocenters. The highest BCUT2D eigenvalue weighted by molar-refractivity contribution is 7.80. The largest absolute Gasteiger partial charge is 0.313 e. The molecule has 1 aromatic heterocycles. The van der Waals surface area contributed by atoms with Crippen LogP contribution in [0.4, 0.5) is 0 Å². The maximum Gasteiger partial charge on any atom is 0.258 e. The number of hydrogen-bond acceptors (Lipinski definition) is 3. The second kappa shape index (κ2) is 4.99. The summed E-state index contributed by atoms with van der Waals surface area (Å²) in [4.78, 5) is 18.1. The lowest BCUT2D eigenvalue weighted by Gasteiger charge is -1.97. The normalized spacial score (nSPS) is 11.3. The quantitative estimate of drug-likeness (QED) is 0.797. The molecule has 0 aliphatic carbocycles. The molecule has 4 heteroatoms. The standard InChI is InChI=1S/C12H12N2OS/c15-12-10-5-4-9(3-1-2-6-16)7-11(10)13-8-14-12/h1,3-5,7-8,16H,2,6H2,(H,13,14,15). The molecular formula is C12H12N2OS. The molecule has 2 aromatic rings. The molecule has 16 heavy (non-hydrogen) atoms. The van der Waals surface area contributed by atoms with E-state index >= 15 is 0 Å². The topological polar surface area (TPSA) is 45.8 Å². The van der Waals surface area contributed by atoms with Gasteiger partial charge >= 0.3 is 0 Å². The van der Waals surface area contributed by atoms with Gasteiger partial charge in [0.25, 0.3) is 5.56 Å². The fourth-order valence-electron chi connectivity index (χ4n) is 1.48. The number of nitrogens with one attached hydrogen (secondary N) is 1. The van der Waals surface area contributed by atoms with Crippen molar-refractivity contribution in [3.8, 4) is 0 Å². The Hall–Kier alpha value is -1.55. The van der Waals surface area contributed by atoms with Crippen molar-refractivity contribution in [1.82, 2.24) is 9.97 Å². The molecule has 1 heterocycles. The lowest BCUT2D eigenvalue weighted by Crippen LogP contribution is -2.05. The minimum absolute atomic E-state index is 0.101. The molecule has 1 N–H and O–H groups in total. The zero-order chi connectivity index (χ0) is 11.4. The van der Waals surface area contributed by atoms with Crippen LogP contribution in [0.5, 0.6) is 0 Å². The van der Waals surface area contributed by atoms with E-state index in [9.17, 15) is 4.79 Å². The Balaban J connectivity index is 2.41. The van der Waals surface area contributed by atoms with Crippen LogP contribution in [0.3, 0.4) is 0 Å². The summed E-state index contributed by atoms with van der Waals surface area (Å²) in [6.45, 7) is 0. The monoisotopic (exact) mass is 232 g/mol. The van der Waals surface area contributed by atoms with Crippen LogP contribution in [0.25, 0.3) is 17.0 Å². The van der Waals surface area contributed by atoms with Gasteiger partial charge in [0, 0.05) is 0 Å². The third kappa shape index (κ3) is 2.33. The van der Waals surface area contributed by atoms with Gasteiger partial charge in [-0.3, -0.25) is 4.79 Å². The summed E-state index contributed by atoms with van der Waals surface area (Å²) < 4.78 is 0. The van der Waals surface area contributed by atoms with E-state index in [1.165, 1.54) is 6.33 Å². The Morgan fingerprint density at radius 2 is 2.31 bits per heavy atom. The van der Waals surface area contributed by atoms with Crippen molar-refractivity contribution in [3.63, 3.8) is 0 Å². The van der Waals surface area contributed by atoms with Crippen LogP contribution in [0.1, 0.15) is 12.0 Å². The Bertz CT molecular complexity index is 574. The van der Waals surface area contributed by atoms with Crippen LogP contribution < -0.4 is 5.56 Å². The first-order valence-electron chi connectivity index (χ1n) is 5.06. The number of aromatic nitrogens is 2. The Kier molecular flexibility index (Phi) is 3.41. The van der Waals surface area contributed by atoms with E-state index in [2.05, 4.69) is 28.7 Å². The highest BCUT2D eigenvalue weighted by atomic mass is 32.1. The first kappa shape index (κ1) is 11.0. The number of thiol groups is 1. The lowest BCUT2D eigenvalue weighted by atomic mass is 10.1. The molecule has 0 aliphatic heterocycles. The highest BCUT2D eigenvalue weighted by Crippen LogP contribution is 2.11. The SMILES string of the molecule is O=c1[nH]cnc2cc(C=CCCS)ccc12. The maximum absolute atomic E-state index is 11.4.